The Morgan fingerprint density at radius 1 is 1.12 bits per heavy atom. The lowest BCUT2D eigenvalue weighted by molar-refractivity contribution is 0.318. The normalized spacial score (nSPS) is 20.0. The smallest absolute Gasteiger partial charge is 0.120 e. The molecular weight excluding hydrogens is 400 g/mol. The summed E-state index contributed by atoms with van der Waals surface area (Å²) in [6, 6.07) is 14.9. The lowest BCUT2D eigenvalue weighted by Crippen LogP contribution is -2.27. The molecule has 1 saturated heterocycles. The minimum absolute atomic E-state index is 0.101. The van der Waals surface area contributed by atoms with E-state index in [2.05, 4.69) is 83.1 Å². The number of nitrogens with zero attached hydrogens (tertiary/aromatic N) is 2. The van der Waals surface area contributed by atoms with E-state index >= 15 is 0 Å². The van der Waals surface area contributed by atoms with Crippen LogP contribution < -0.4 is 20.1 Å². The van der Waals surface area contributed by atoms with E-state index in [9.17, 15) is 0 Å². The summed E-state index contributed by atoms with van der Waals surface area (Å²) in [7, 11) is 7.98. The van der Waals surface area contributed by atoms with Crippen molar-refractivity contribution in [1.29, 1.82) is 0 Å². The number of fused-ring (bicyclic) bond motifs is 1. The fourth-order valence-electron chi connectivity index (χ4n) is 4.66. The molecular formula is C26H36N4O2. The average Bonchev–Trinajstić information content (AvgIpc) is 3.26. The highest BCUT2D eigenvalue weighted by Gasteiger charge is 2.29. The highest BCUT2D eigenvalue weighted by atomic mass is 16.5. The summed E-state index contributed by atoms with van der Waals surface area (Å²) in [5.41, 5.74) is 4.92. The van der Waals surface area contributed by atoms with Gasteiger partial charge < -0.3 is 29.9 Å². The van der Waals surface area contributed by atoms with Crippen molar-refractivity contribution in [3.8, 4) is 11.5 Å². The zero-order valence-electron chi connectivity index (χ0n) is 19.7. The van der Waals surface area contributed by atoms with E-state index in [-0.39, 0.29) is 6.04 Å². The molecule has 0 spiro atoms. The number of anilines is 1. The molecule has 0 radical (unpaired) electrons. The van der Waals surface area contributed by atoms with Crippen LogP contribution in [0.4, 0.5) is 5.69 Å². The number of benzene rings is 2. The van der Waals surface area contributed by atoms with Crippen LogP contribution >= 0.6 is 0 Å². The molecule has 2 aromatic rings. The molecule has 0 bridgehead atoms. The Morgan fingerprint density at radius 2 is 1.91 bits per heavy atom. The van der Waals surface area contributed by atoms with Gasteiger partial charge in [-0.3, -0.25) is 0 Å². The molecule has 0 aromatic heterocycles. The Balaban J connectivity index is 1.58. The number of hydrogen-bond acceptors (Lipinski definition) is 6. The highest BCUT2D eigenvalue weighted by molar-refractivity contribution is 5.80. The Morgan fingerprint density at radius 3 is 2.62 bits per heavy atom. The van der Waals surface area contributed by atoms with E-state index in [1.54, 1.807) is 7.11 Å². The number of nitrogens with one attached hydrogen (secondary N) is 2. The van der Waals surface area contributed by atoms with Gasteiger partial charge in [0.25, 0.3) is 0 Å². The maximum Gasteiger partial charge on any atom is 0.120 e. The van der Waals surface area contributed by atoms with Gasteiger partial charge in [-0.2, -0.15) is 0 Å². The van der Waals surface area contributed by atoms with E-state index < -0.39 is 0 Å². The van der Waals surface area contributed by atoms with Crippen LogP contribution in [0.25, 0.3) is 5.70 Å². The van der Waals surface area contributed by atoms with Crippen molar-refractivity contribution < 1.29 is 9.47 Å². The predicted octanol–water partition coefficient (Wildman–Crippen LogP) is 3.68. The van der Waals surface area contributed by atoms with Crippen molar-refractivity contribution in [3.05, 3.63) is 59.7 Å². The molecule has 4 rings (SSSR count). The summed E-state index contributed by atoms with van der Waals surface area (Å²) in [4.78, 5) is 4.86. The van der Waals surface area contributed by atoms with Crippen molar-refractivity contribution >= 4 is 11.4 Å². The van der Waals surface area contributed by atoms with Gasteiger partial charge >= 0.3 is 0 Å². The molecule has 32 heavy (non-hydrogen) atoms. The second-order valence-electron chi connectivity index (χ2n) is 8.97. The second-order valence-corrected chi connectivity index (χ2v) is 8.97. The fraction of sp³-hybridized carbons (Fsp3) is 0.462. The van der Waals surface area contributed by atoms with Crippen LogP contribution in [0.1, 0.15) is 23.6 Å². The minimum atomic E-state index is 0.101. The van der Waals surface area contributed by atoms with Gasteiger partial charge in [0.2, 0.25) is 0 Å². The van der Waals surface area contributed by atoms with Gasteiger partial charge in [-0.05, 0) is 69.4 Å². The number of hydrogen-bond donors (Lipinski definition) is 2. The molecule has 6 heteroatoms. The first-order chi connectivity index (χ1) is 15.6. The average molecular weight is 437 g/mol. The zero-order valence-corrected chi connectivity index (χ0v) is 19.7. The van der Waals surface area contributed by atoms with Gasteiger partial charge in [-0.1, -0.05) is 12.1 Å². The van der Waals surface area contributed by atoms with Crippen LogP contribution in [0.5, 0.6) is 11.5 Å². The largest absolute Gasteiger partial charge is 0.497 e. The topological polar surface area (TPSA) is 49.0 Å². The van der Waals surface area contributed by atoms with Gasteiger partial charge in [0.05, 0.1) is 13.2 Å². The van der Waals surface area contributed by atoms with Crippen LogP contribution in [0.3, 0.4) is 0 Å². The van der Waals surface area contributed by atoms with E-state index in [4.69, 9.17) is 9.47 Å². The van der Waals surface area contributed by atoms with Crippen LogP contribution in [0.2, 0.25) is 0 Å². The maximum atomic E-state index is 5.79. The van der Waals surface area contributed by atoms with E-state index in [1.807, 2.05) is 7.05 Å². The molecule has 172 valence electrons. The number of ether oxygens (including phenoxy) is 2. The molecule has 6 nitrogen and oxygen atoms in total. The zero-order chi connectivity index (χ0) is 22.5. The van der Waals surface area contributed by atoms with Gasteiger partial charge in [0.1, 0.15) is 18.1 Å². The molecule has 1 fully saturated rings. The second kappa shape index (κ2) is 10.3. The standard InChI is InChI=1S/C26H36N4O2/c1-27-12-14-32-21-7-5-20(6-8-21)24-16-26(30-13-11-19(18-30)17-29(2)3)23-10-9-22(31-4)15-25(23)28-24/h5-10,15-16,19,24,27-28H,11-14,17-18H2,1-4H3. The van der Waals surface area contributed by atoms with Crippen molar-refractivity contribution in [1.82, 2.24) is 15.1 Å². The first-order valence-corrected chi connectivity index (χ1v) is 11.5. The molecule has 0 amide bonds. The predicted molar refractivity (Wildman–Crippen MR) is 131 cm³/mol. The van der Waals surface area contributed by atoms with Crippen molar-refractivity contribution in [2.75, 3.05) is 66.4 Å². The quantitative estimate of drug-likeness (QED) is 0.585. The summed E-state index contributed by atoms with van der Waals surface area (Å²) in [6.45, 7) is 4.83. The number of likely N-dealkylation sites (tertiary alicyclic amines) is 1. The summed E-state index contributed by atoms with van der Waals surface area (Å²) >= 11 is 0. The van der Waals surface area contributed by atoms with Gasteiger partial charge in [0.15, 0.2) is 0 Å². The molecule has 2 aliphatic heterocycles. The number of methoxy groups -OCH3 is 1. The molecule has 2 N–H and O–H groups in total. The molecule has 2 aromatic carbocycles. The van der Waals surface area contributed by atoms with Gasteiger partial charge in [-0.25, -0.2) is 0 Å². The minimum Gasteiger partial charge on any atom is -0.497 e. The van der Waals surface area contributed by atoms with Crippen molar-refractivity contribution in [2.45, 2.75) is 12.5 Å². The Hall–Kier alpha value is -2.70. The fourth-order valence-corrected chi connectivity index (χ4v) is 4.66. The first kappa shape index (κ1) is 22.5. The van der Waals surface area contributed by atoms with Crippen molar-refractivity contribution in [2.24, 2.45) is 5.92 Å². The third-order valence-electron chi connectivity index (χ3n) is 6.25. The summed E-state index contributed by atoms with van der Waals surface area (Å²) in [5, 5.41) is 6.82. The Kier molecular flexibility index (Phi) is 7.22. The molecule has 2 aliphatic rings. The third-order valence-corrected chi connectivity index (χ3v) is 6.25. The first-order valence-electron chi connectivity index (χ1n) is 11.5. The Labute approximate surface area is 192 Å². The monoisotopic (exact) mass is 436 g/mol. The van der Waals surface area contributed by atoms with Crippen LogP contribution in [-0.4, -0.2) is 70.8 Å². The summed E-state index contributed by atoms with van der Waals surface area (Å²) < 4.78 is 11.3. The molecule has 0 aliphatic carbocycles. The molecule has 2 unspecified atom stereocenters. The summed E-state index contributed by atoms with van der Waals surface area (Å²) in [5.74, 6) is 2.48. The van der Waals surface area contributed by atoms with E-state index in [1.165, 1.54) is 23.2 Å². The molecule has 0 saturated carbocycles. The van der Waals surface area contributed by atoms with Gasteiger partial charge in [-0.15, -0.1) is 0 Å². The van der Waals surface area contributed by atoms with Crippen LogP contribution in [0, 0.1) is 5.92 Å². The summed E-state index contributed by atoms with van der Waals surface area (Å²) in [6.07, 6.45) is 3.61. The van der Waals surface area contributed by atoms with E-state index in [0.29, 0.717) is 12.5 Å². The van der Waals surface area contributed by atoms with E-state index in [0.717, 1.165) is 43.4 Å². The third kappa shape index (κ3) is 5.19. The van der Waals surface area contributed by atoms with Crippen LogP contribution in [-0.2, 0) is 0 Å². The maximum absolute atomic E-state index is 5.79. The number of rotatable bonds is 9. The molecule has 2 heterocycles. The number of likely N-dealkylation sites (N-methyl/N-ethyl adjacent to an activating group) is 1. The molecule has 2 atom stereocenters. The van der Waals surface area contributed by atoms with Gasteiger partial charge in [0, 0.05) is 49.2 Å². The SMILES string of the molecule is CNCCOc1ccc(C2C=C(N3CCC(CN(C)C)C3)c3ccc(OC)cc3N2)cc1. The highest BCUT2D eigenvalue weighted by Crippen LogP contribution is 2.40. The van der Waals surface area contributed by atoms with Crippen LogP contribution in [0.15, 0.2) is 48.5 Å². The lowest BCUT2D eigenvalue weighted by Gasteiger charge is -2.32. The van der Waals surface area contributed by atoms with Crippen molar-refractivity contribution in [3.63, 3.8) is 0 Å². The lowest BCUT2D eigenvalue weighted by atomic mass is 9.96. The Bertz CT molecular complexity index is 926.